The third-order valence-corrected chi connectivity index (χ3v) is 5.93. The van der Waals surface area contributed by atoms with E-state index in [0.717, 1.165) is 0 Å². The zero-order valence-corrected chi connectivity index (χ0v) is 14.3. The molecular weight excluding hydrogens is 353 g/mol. The Hall–Kier alpha value is -1.32. The first-order valence-electron chi connectivity index (χ1n) is 8.95. The number of ketones is 3. The summed E-state index contributed by atoms with van der Waals surface area (Å²) in [5.41, 5.74) is 5.25. The zero-order valence-electron chi connectivity index (χ0n) is 14.3. The Balaban J connectivity index is 1.78. The Morgan fingerprint density at radius 1 is 1.12 bits per heavy atom. The van der Waals surface area contributed by atoms with Gasteiger partial charge in [0.25, 0.3) is 0 Å². The van der Waals surface area contributed by atoms with Gasteiger partial charge in [0, 0.05) is 23.8 Å². The molecule has 3 aliphatic rings. The van der Waals surface area contributed by atoms with E-state index in [-0.39, 0.29) is 49.6 Å². The smallest absolute Gasteiger partial charge is 0.365 e. The van der Waals surface area contributed by atoms with Gasteiger partial charge in [-0.25, -0.2) is 0 Å². The maximum atomic E-state index is 13.0. The highest BCUT2D eigenvalue weighted by atomic mass is 19.4. The van der Waals surface area contributed by atoms with Crippen molar-refractivity contribution in [2.24, 2.45) is 29.4 Å². The van der Waals surface area contributed by atoms with Gasteiger partial charge in [0.15, 0.2) is 17.3 Å². The number of hydrogen-bond donors (Lipinski definition) is 2. The van der Waals surface area contributed by atoms with Gasteiger partial charge >= 0.3 is 6.18 Å². The fourth-order valence-electron chi connectivity index (χ4n) is 4.57. The summed E-state index contributed by atoms with van der Waals surface area (Å²) in [6, 6.07) is -2.67. The molecule has 146 valence electrons. The molecule has 0 aromatic carbocycles. The second kappa shape index (κ2) is 7.36. The molecule has 1 heterocycles. The molecule has 2 saturated carbocycles. The molecule has 0 aromatic heterocycles. The minimum Gasteiger partial charge on any atom is -0.365 e. The summed E-state index contributed by atoms with van der Waals surface area (Å²) in [5.74, 6) is -4.01. The van der Waals surface area contributed by atoms with Crippen molar-refractivity contribution in [1.82, 2.24) is 5.32 Å². The minimum absolute atomic E-state index is 0.0407. The number of ether oxygens (including phenoxy) is 1. The quantitative estimate of drug-likeness (QED) is 0.548. The van der Waals surface area contributed by atoms with Crippen LogP contribution in [0.5, 0.6) is 0 Å². The highest BCUT2D eigenvalue weighted by Gasteiger charge is 2.53. The van der Waals surface area contributed by atoms with Crippen molar-refractivity contribution in [3.63, 3.8) is 0 Å². The fourth-order valence-corrected chi connectivity index (χ4v) is 4.57. The Kier molecular flexibility index (Phi) is 5.50. The molecule has 6 nitrogen and oxygen atoms in total. The van der Waals surface area contributed by atoms with Crippen molar-refractivity contribution in [2.45, 2.75) is 50.4 Å². The third kappa shape index (κ3) is 3.57. The van der Waals surface area contributed by atoms with Crippen LogP contribution in [0.2, 0.25) is 0 Å². The lowest BCUT2D eigenvalue weighted by molar-refractivity contribution is -0.170. The van der Waals surface area contributed by atoms with Gasteiger partial charge in [0.2, 0.25) is 0 Å². The summed E-state index contributed by atoms with van der Waals surface area (Å²) in [7, 11) is 0. The maximum absolute atomic E-state index is 13.0. The van der Waals surface area contributed by atoms with Crippen LogP contribution in [-0.2, 0) is 19.1 Å². The van der Waals surface area contributed by atoms with Gasteiger partial charge in [0.05, 0.1) is 13.3 Å². The van der Waals surface area contributed by atoms with Crippen molar-refractivity contribution in [1.29, 1.82) is 0 Å². The van der Waals surface area contributed by atoms with Crippen molar-refractivity contribution < 1.29 is 32.3 Å². The van der Waals surface area contributed by atoms with Crippen LogP contribution in [0.3, 0.4) is 0 Å². The Morgan fingerprint density at radius 3 is 2.27 bits per heavy atom. The number of nitrogens with two attached hydrogens (primary N) is 1. The van der Waals surface area contributed by atoms with E-state index in [2.05, 4.69) is 5.32 Å². The lowest BCUT2D eigenvalue weighted by atomic mass is 9.71. The van der Waals surface area contributed by atoms with Crippen LogP contribution in [-0.4, -0.2) is 48.9 Å². The largest absolute Gasteiger partial charge is 0.403 e. The van der Waals surface area contributed by atoms with Gasteiger partial charge in [-0.2, -0.15) is 13.2 Å². The third-order valence-electron chi connectivity index (χ3n) is 5.93. The lowest BCUT2D eigenvalue weighted by Gasteiger charge is -2.39. The Morgan fingerprint density at radius 2 is 1.73 bits per heavy atom. The van der Waals surface area contributed by atoms with E-state index in [1.165, 1.54) is 0 Å². The first-order chi connectivity index (χ1) is 12.2. The highest BCUT2D eigenvalue weighted by molar-refractivity contribution is 6.22. The average molecular weight is 376 g/mol. The number of piperidine rings is 1. The Labute approximate surface area is 149 Å². The molecule has 0 spiro atoms. The minimum atomic E-state index is -4.44. The van der Waals surface area contributed by atoms with Crippen LogP contribution < -0.4 is 11.1 Å². The molecule has 0 aromatic rings. The highest BCUT2D eigenvalue weighted by Crippen LogP contribution is 2.42. The van der Waals surface area contributed by atoms with E-state index in [4.69, 9.17) is 10.5 Å². The van der Waals surface area contributed by atoms with E-state index >= 15 is 0 Å². The molecule has 0 amide bonds. The average Bonchev–Trinajstić information content (AvgIpc) is 3.04. The summed E-state index contributed by atoms with van der Waals surface area (Å²) in [4.78, 5) is 38.0. The number of carbonyl (C=O) groups excluding carboxylic acids is 3. The number of alkyl halides is 3. The summed E-state index contributed by atoms with van der Waals surface area (Å²) in [5, 5.41) is 2.42. The SMILES string of the molecule is NCOCC1NC(C(F)(F)F)CCC1C(=O)C1C(=O)C2CCC(C2)C1=O. The normalized spacial score (nSPS) is 37.8. The monoisotopic (exact) mass is 376 g/mol. The molecule has 1 saturated heterocycles. The number of fused-ring (bicyclic) bond motifs is 2. The number of hydrogen-bond acceptors (Lipinski definition) is 6. The molecule has 1 aliphatic heterocycles. The maximum Gasteiger partial charge on any atom is 0.403 e. The fraction of sp³-hybridized carbons (Fsp3) is 0.824. The molecule has 2 bridgehead atoms. The summed E-state index contributed by atoms with van der Waals surface area (Å²) >= 11 is 0. The van der Waals surface area contributed by atoms with Crippen molar-refractivity contribution in [2.75, 3.05) is 13.3 Å². The molecule has 3 N–H and O–H groups in total. The van der Waals surface area contributed by atoms with E-state index in [1.54, 1.807) is 0 Å². The molecule has 3 fully saturated rings. The van der Waals surface area contributed by atoms with Crippen LogP contribution in [0.25, 0.3) is 0 Å². The molecule has 5 atom stereocenters. The van der Waals surface area contributed by atoms with Gasteiger partial charge in [-0.3, -0.25) is 14.4 Å². The molecule has 26 heavy (non-hydrogen) atoms. The van der Waals surface area contributed by atoms with Gasteiger partial charge in [-0.1, -0.05) is 0 Å². The lowest BCUT2D eigenvalue weighted by Crippen LogP contribution is -2.59. The molecular formula is C17H23F3N2O4. The van der Waals surface area contributed by atoms with E-state index in [1.807, 2.05) is 0 Å². The molecule has 5 unspecified atom stereocenters. The van der Waals surface area contributed by atoms with Gasteiger partial charge in [0.1, 0.15) is 12.0 Å². The van der Waals surface area contributed by atoms with Crippen LogP contribution in [0.1, 0.15) is 32.1 Å². The first kappa shape index (κ1) is 19.4. The Bertz CT molecular complexity index is 573. The first-order valence-corrected chi connectivity index (χ1v) is 8.95. The van der Waals surface area contributed by atoms with Gasteiger partial charge in [-0.15, -0.1) is 0 Å². The molecule has 2 aliphatic carbocycles. The molecule has 0 radical (unpaired) electrons. The molecule has 9 heteroatoms. The number of rotatable bonds is 5. The topological polar surface area (TPSA) is 98.5 Å². The second-order valence-electron chi connectivity index (χ2n) is 7.44. The number of carbonyl (C=O) groups is 3. The van der Waals surface area contributed by atoms with Crippen LogP contribution in [0.15, 0.2) is 0 Å². The summed E-state index contributed by atoms with van der Waals surface area (Å²) < 4.78 is 44.1. The van der Waals surface area contributed by atoms with Crippen LogP contribution in [0.4, 0.5) is 13.2 Å². The number of nitrogens with one attached hydrogen (secondary N) is 1. The second-order valence-corrected chi connectivity index (χ2v) is 7.44. The summed E-state index contributed by atoms with van der Waals surface area (Å²) in [6.45, 7) is -0.372. The van der Waals surface area contributed by atoms with Crippen LogP contribution in [0, 0.1) is 23.7 Å². The predicted octanol–water partition coefficient (Wildman–Crippen LogP) is 0.972. The predicted molar refractivity (Wildman–Crippen MR) is 83.8 cm³/mol. The van der Waals surface area contributed by atoms with Gasteiger partial charge in [-0.05, 0) is 32.1 Å². The van der Waals surface area contributed by atoms with E-state index in [0.29, 0.717) is 19.3 Å². The zero-order chi connectivity index (χ0) is 19.1. The van der Waals surface area contributed by atoms with Crippen LogP contribution >= 0.6 is 0 Å². The van der Waals surface area contributed by atoms with Gasteiger partial charge < -0.3 is 15.8 Å². The van der Waals surface area contributed by atoms with Crippen molar-refractivity contribution in [3.05, 3.63) is 0 Å². The van der Waals surface area contributed by atoms with E-state index < -0.39 is 35.9 Å². The van der Waals surface area contributed by atoms with E-state index in [9.17, 15) is 27.6 Å². The molecule has 3 rings (SSSR count). The summed E-state index contributed by atoms with van der Waals surface area (Å²) in [6.07, 6.45) is -3.04. The van der Waals surface area contributed by atoms with Crippen molar-refractivity contribution >= 4 is 17.3 Å². The number of halogens is 3. The standard InChI is InChI=1S/C17H23F3N2O4/c18-17(19,20)12-4-3-10(11(22-12)6-26-7-21)16(25)13-14(23)8-1-2-9(5-8)15(13)24/h8-13,22H,1-7,21H2. The van der Waals surface area contributed by atoms with Crippen molar-refractivity contribution in [3.8, 4) is 0 Å². The number of Topliss-reactive ketones (excluding diaryl/α,β-unsaturated/α-hetero) is 3.